The Morgan fingerprint density at radius 2 is 2.04 bits per heavy atom. The van der Waals surface area contributed by atoms with Gasteiger partial charge in [0, 0.05) is 67.3 Å². The van der Waals surface area contributed by atoms with Crippen LogP contribution in [0.2, 0.25) is 0 Å². The number of para-hydroxylation sites is 1. The van der Waals surface area contributed by atoms with Gasteiger partial charge < -0.3 is 4.98 Å². The predicted molar refractivity (Wildman–Crippen MR) is 104 cm³/mol. The topological polar surface area (TPSA) is 70.6 Å². The monoisotopic (exact) mass is 356 g/mol. The third-order valence-electron chi connectivity index (χ3n) is 5.24. The Balaban J connectivity index is 1.37. The van der Waals surface area contributed by atoms with Crippen molar-refractivity contribution in [3.05, 3.63) is 71.7 Å². The average Bonchev–Trinajstić information content (AvgIpc) is 3.12. The maximum absolute atomic E-state index is 4.75. The van der Waals surface area contributed by atoms with Gasteiger partial charge in [-0.25, -0.2) is 19.9 Å². The molecule has 1 aliphatic rings. The number of hydrogen-bond acceptors (Lipinski definition) is 5. The minimum Gasteiger partial charge on any atom is -0.361 e. The van der Waals surface area contributed by atoms with Crippen molar-refractivity contribution in [2.45, 2.75) is 26.4 Å². The van der Waals surface area contributed by atoms with E-state index in [1.54, 1.807) is 12.4 Å². The third-order valence-corrected chi connectivity index (χ3v) is 5.24. The summed E-state index contributed by atoms with van der Waals surface area (Å²) in [7, 11) is 0. The van der Waals surface area contributed by atoms with Crippen LogP contribution in [0.15, 0.2) is 49.3 Å². The minimum atomic E-state index is 0.704. The van der Waals surface area contributed by atoms with Crippen molar-refractivity contribution in [3.63, 3.8) is 0 Å². The highest BCUT2D eigenvalue weighted by atomic mass is 15.1. The Kier molecular flexibility index (Phi) is 3.90. The molecular weight excluding hydrogens is 336 g/mol. The number of nitrogens with one attached hydrogen (secondary N) is 1. The number of rotatable bonds is 3. The third kappa shape index (κ3) is 2.98. The summed E-state index contributed by atoms with van der Waals surface area (Å²) in [6, 6.07) is 6.47. The zero-order valence-electron chi connectivity index (χ0n) is 15.2. The quantitative estimate of drug-likeness (QED) is 0.610. The van der Waals surface area contributed by atoms with Gasteiger partial charge in [-0.15, -0.1) is 0 Å². The normalized spacial score (nSPS) is 14.4. The second-order valence-electron chi connectivity index (χ2n) is 7.06. The van der Waals surface area contributed by atoms with E-state index < -0.39 is 0 Å². The van der Waals surface area contributed by atoms with Gasteiger partial charge in [0.05, 0.1) is 11.3 Å². The number of benzene rings is 1. The molecule has 0 bridgehead atoms. The molecule has 4 aromatic rings. The zero-order chi connectivity index (χ0) is 18.2. The van der Waals surface area contributed by atoms with E-state index in [0.717, 1.165) is 37.3 Å². The predicted octanol–water partition coefficient (Wildman–Crippen LogP) is 3.28. The highest BCUT2D eigenvalue weighted by molar-refractivity contribution is 5.85. The molecule has 0 unspecified atom stereocenters. The van der Waals surface area contributed by atoms with Crippen LogP contribution in [0, 0.1) is 6.92 Å². The van der Waals surface area contributed by atoms with Gasteiger partial charge in [-0.1, -0.05) is 18.2 Å². The van der Waals surface area contributed by atoms with E-state index in [4.69, 9.17) is 4.98 Å². The maximum atomic E-state index is 4.75. The maximum Gasteiger partial charge on any atom is 0.162 e. The Bertz CT molecular complexity index is 1100. The highest BCUT2D eigenvalue weighted by Gasteiger charge is 2.20. The lowest BCUT2D eigenvalue weighted by Gasteiger charge is -2.27. The lowest BCUT2D eigenvalue weighted by atomic mass is 10.1. The molecule has 0 fully saturated rings. The smallest absolute Gasteiger partial charge is 0.162 e. The number of hydrogen-bond donors (Lipinski definition) is 1. The van der Waals surface area contributed by atoms with Gasteiger partial charge in [-0.05, 0) is 18.1 Å². The number of H-pyrrole nitrogens is 1. The average molecular weight is 356 g/mol. The molecule has 0 atom stereocenters. The largest absolute Gasteiger partial charge is 0.361 e. The van der Waals surface area contributed by atoms with Crippen LogP contribution in [-0.4, -0.2) is 36.4 Å². The van der Waals surface area contributed by atoms with E-state index in [-0.39, 0.29) is 0 Å². The van der Waals surface area contributed by atoms with Crippen molar-refractivity contribution in [3.8, 4) is 11.4 Å². The molecule has 0 saturated heterocycles. The lowest BCUT2D eigenvalue weighted by molar-refractivity contribution is 0.244. The van der Waals surface area contributed by atoms with Crippen molar-refractivity contribution in [2.24, 2.45) is 0 Å². The van der Waals surface area contributed by atoms with Crippen molar-refractivity contribution in [1.82, 2.24) is 29.8 Å². The van der Waals surface area contributed by atoms with E-state index >= 15 is 0 Å². The fourth-order valence-corrected chi connectivity index (χ4v) is 3.80. The molecule has 6 nitrogen and oxygen atoms in total. The SMILES string of the molecule is Cc1cccc2c(CN3CCc4nc(-c5cncnc5)ncc4C3)c[nH]c12. The van der Waals surface area contributed by atoms with Gasteiger partial charge in [-0.3, -0.25) is 4.90 Å². The summed E-state index contributed by atoms with van der Waals surface area (Å²) >= 11 is 0. The van der Waals surface area contributed by atoms with Crippen LogP contribution in [0.25, 0.3) is 22.3 Å². The van der Waals surface area contributed by atoms with Crippen LogP contribution in [-0.2, 0) is 19.5 Å². The fraction of sp³-hybridized carbons (Fsp3) is 0.238. The molecule has 5 rings (SSSR count). The molecule has 3 aromatic heterocycles. The van der Waals surface area contributed by atoms with Gasteiger partial charge in [0.2, 0.25) is 0 Å². The Morgan fingerprint density at radius 3 is 2.93 bits per heavy atom. The van der Waals surface area contributed by atoms with Crippen LogP contribution < -0.4 is 0 Å². The van der Waals surface area contributed by atoms with Gasteiger partial charge >= 0.3 is 0 Å². The molecule has 6 heteroatoms. The number of aromatic amines is 1. The molecule has 1 N–H and O–H groups in total. The van der Waals surface area contributed by atoms with Crippen LogP contribution in [0.5, 0.6) is 0 Å². The summed E-state index contributed by atoms with van der Waals surface area (Å²) in [4.78, 5) is 23.3. The molecule has 0 aliphatic carbocycles. The van der Waals surface area contributed by atoms with Crippen molar-refractivity contribution in [2.75, 3.05) is 6.54 Å². The first-order valence-electron chi connectivity index (χ1n) is 9.16. The minimum absolute atomic E-state index is 0.704. The molecule has 134 valence electrons. The van der Waals surface area contributed by atoms with Crippen LogP contribution >= 0.6 is 0 Å². The zero-order valence-corrected chi connectivity index (χ0v) is 15.2. The summed E-state index contributed by atoms with van der Waals surface area (Å²) in [5.74, 6) is 0.704. The van der Waals surface area contributed by atoms with Crippen LogP contribution in [0.1, 0.15) is 22.4 Å². The van der Waals surface area contributed by atoms with Gasteiger partial charge in [0.15, 0.2) is 5.82 Å². The molecule has 0 saturated carbocycles. The molecule has 27 heavy (non-hydrogen) atoms. The van der Waals surface area contributed by atoms with E-state index in [0.29, 0.717) is 5.82 Å². The number of fused-ring (bicyclic) bond motifs is 2. The highest BCUT2D eigenvalue weighted by Crippen LogP contribution is 2.25. The molecule has 1 aliphatic heterocycles. The van der Waals surface area contributed by atoms with Crippen molar-refractivity contribution >= 4 is 10.9 Å². The first-order valence-corrected chi connectivity index (χ1v) is 9.16. The summed E-state index contributed by atoms with van der Waals surface area (Å²) in [6.07, 6.45) is 10.1. The summed E-state index contributed by atoms with van der Waals surface area (Å²) in [6.45, 7) is 4.94. The van der Waals surface area contributed by atoms with Gasteiger partial charge in [-0.2, -0.15) is 0 Å². The van der Waals surface area contributed by atoms with E-state index in [9.17, 15) is 0 Å². The van der Waals surface area contributed by atoms with Crippen LogP contribution in [0.4, 0.5) is 0 Å². The van der Waals surface area contributed by atoms with E-state index in [1.165, 1.54) is 33.9 Å². The second kappa shape index (κ2) is 6.55. The fourth-order valence-electron chi connectivity index (χ4n) is 3.80. The second-order valence-corrected chi connectivity index (χ2v) is 7.06. The molecule has 4 heterocycles. The van der Waals surface area contributed by atoms with Crippen molar-refractivity contribution < 1.29 is 0 Å². The lowest BCUT2D eigenvalue weighted by Crippen LogP contribution is -2.30. The Labute approximate surface area is 157 Å². The number of nitrogens with zero attached hydrogens (tertiary/aromatic N) is 5. The summed E-state index contributed by atoms with van der Waals surface area (Å²) < 4.78 is 0. The molecule has 0 radical (unpaired) electrons. The van der Waals surface area contributed by atoms with Gasteiger partial charge in [0.1, 0.15) is 6.33 Å². The van der Waals surface area contributed by atoms with E-state index in [2.05, 4.69) is 56.2 Å². The van der Waals surface area contributed by atoms with Crippen molar-refractivity contribution in [1.29, 1.82) is 0 Å². The first-order chi connectivity index (χ1) is 13.3. The standard InChI is InChI=1S/C21H20N6/c1-14-3-2-4-18-16(9-24-20(14)18)11-27-6-5-19-17(12-27)10-25-21(26-19)15-7-22-13-23-8-15/h2-4,7-10,13,24H,5-6,11-12H2,1H3. The molecular formula is C21H20N6. The molecule has 0 amide bonds. The first kappa shape index (κ1) is 16.1. The Hall–Kier alpha value is -3.12. The summed E-state index contributed by atoms with van der Waals surface area (Å²) in [5.41, 5.74) is 7.07. The van der Waals surface area contributed by atoms with E-state index in [1.807, 2.05) is 6.20 Å². The number of aromatic nitrogens is 5. The Morgan fingerprint density at radius 1 is 1.15 bits per heavy atom. The molecule has 1 aromatic carbocycles. The number of aryl methyl sites for hydroxylation is 1. The van der Waals surface area contributed by atoms with Gasteiger partial charge in [0.25, 0.3) is 0 Å². The summed E-state index contributed by atoms with van der Waals surface area (Å²) in [5, 5.41) is 1.32. The molecule has 0 spiro atoms. The van der Waals surface area contributed by atoms with Crippen LogP contribution in [0.3, 0.4) is 0 Å².